The van der Waals surface area contributed by atoms with Gasteiger partial charge in [0.05, 0.1) is 11.4 Å². The van der Waals surface area contributed by atoms with E-state index in [1.807, 2.05) is 12.1 Å². The van der Waals surface area contributed by atoms with E-state index in [1.165, 1.54) is 21.5 Å². The molecule has 0 bridgehead atoms. The summed E-state index contributed by atoms with van der Waals surface area (Å²) in [6.07, 6.45) is 0. The summed E-state index contributed by atoms with van der Waals surface area (Å²) in [6.45, 7) is 0. The smallest absolute Gasteiger partial charge is 0.161 e. The maximum Gasteiger partial charge on any atom is 0.161 e. The van der Waals surface area contributed by atoms with Crippen LogP contribution >= 0.6 is 0 Å². The summed E-state index contributed by atoms with van der Waals surface area (Å²) in [5.41, 5.74) is 8.86. The highest BCUT2D eigenvalue weighted by atomic mass is 16.3. The molecule has 0 saturated carbocycles. The number of hydrogen-bond donors (Lipinski definition) is 0. The topological polar surface area (TPSA) is 38.9 Å². The molecule has 8 aromatic carbocycles. The SMILES string of the molecule is c1ccc(-c2cc(-c3ccccc3)nc(-c3ccc(-c4cc5ccccc5c5c4oc4ccc6ccccc6c45)c4ccccc34)n2)cc1. The average molecular weight is 625 g/mol. The highest BCUT2D eigenvalue weighted by Gasteiger charge is 2.21. The Balaban J connectivity index is 1.25. The first-order valence-electron chi connectivity index (χ1n) is 16.6. The van der Waals surface area contributed by atoms with Crippen LogP contribution in [0.1, 0.15) is 0 Å². The molecule has 0 aliphatic heterocycles. The van der Waals surface area contributed by atoms with Crippen LogP contribution in [0.3, 0.4) is 0 Å². The number of fused-ring (bicyclic) bond motifs is 8. The Labute approximate surface area is 282 Å². The Bertz CT molecular complexity index is 2810. The van der Waals surface area contributed by atoms with Crippen LogP contribution in [-0.2, 0) is 0 Å². The Kier molecular flexibility index (Phi) is 6.18. The molecule has 0 aliphatic carbocycles. The highest BCUT2D eigenvalue weighted by molar-refractivity contribution is 6.29. The predicted octanol–water partition coefficient (Wildman–Crippen LogP) is 12.5. The van der Waals surface area contributed by atoms with Crippen LogP contribution in [0.25, 0.3) is 99.3 Å². The van der Waals surface area contributed by atoms with Gasteiger partial charge in [-0.15, -0.1) is 0 Å². The van der Waals surface area contributed by atoms with E-state index in [0.29, 0.717) is 5.82 Å². The summed E-state index contributed by atoms with van der Waals surface area (Å²) in [6, 6.07) is 59.5. The lowest BCUT2D eigenvalue weighted by Crippen LogP contribution is -1.97. The minimum Gasteiger partial charge on any atom is -0.455 e. The summed E-state index contributed by atoms with van der Waals surface area (Å²) in [7, 11) is 0. The maximum atomic E-state index is 6.82. The molecule has 10 rings (SSSR count). The van der Waals surface area contributed by atoms with Gasteiger partial charge in [0.15, 0.2) is 5.82 Å². The second kappa shape index (κ2) is 11.0. The molecule has 3 nitrogen and oxygen atoms in total. The van der Waals surface area contributed by atoms with Crippen molar-refractivity contribution in [2.24, 2.45) is 0 Å². The number of nitrogens with zero attached hydrogens (tertiary/aromatic N) is 2. The van der Waals surface area contributed by atoms with Crippen LogP contribution in [0, 0.1) is 0 Å². The zero-order valence-electron chi connectivity index (χ0n) is 26.5. The molecule has 0 atom stereocenters. The second-order valence-corrected chi connectivity index (χ2v) is 12.5. The summed E-state index contributed by atoms with van der Waals surface area (Å²) in [5, 5.41) is 9.30. The molecule has 3 heteroatoms. The molecule has 0 N–H and O–H groups in total. The fraction of sp³-hybridized carbons (Fsp3) is 0. The summed E-state index contributed by atoms with van der Waals surface area (Å²) in [5.74, 6) is 0.696. The minimum absolute atomic E-state index is 0.696. The minimum atomic E-state index is 0.696. The van der Waals surface area contributed by atoms with E-state index in [0.717, 1.165) is 71.9 Å². The van der Waals surface area contributed by atoms with Crippen molar-refractivity contribution in [1.29, 1.82) is 0 Å². The largest absolute Gasteiger partial charge is 0.455 e. The Morgan fingerprint density at radius 3 is 1.57 bits per heavy atom. The summed E-state index contributed by atoms with van der Waals surface area (Å²) < 4.78 is 6.82. The van der Waals surface area contributed by atoms with Crippen molar-refractivity contribution >= 4 is 54.3 Å². The van der Waals surface area contributed by atoms with Crippen molar-refractivity contribution < 1.29 is 4.42 Å². The van der Waals surface area contributed by atoms with Gasteiger partial charge in [0.2, 0.25) is 0 Å². The highest BCUT2D eigenvalue weighted by Crippen LogP contribution is 2.45. The summed E-state index contributed by atoms with van der Waals surface area (Å²) in [4.78, 5) is 10.3. The first-order valence-corrected chi connectivity index (χ1v) is 16.6. The van der Waals surface area contributed by atoms with Gasteiger partial charge in [-0.1, -0.05) is 146 Å². The quantitative estimate of drug-likeness (QED) is 0.196. The third kappa shape index (κ3) is 4.44. The van der Waals surface area contributed by atoms with E-state index in [9.17, 15) is 0 Å². The second-order valence-electron chi connectivity index (χ2n) is 12.5. The number of rotatable bonds is 4. The third-order valence-corrected chi connectivity index (χ3v) is 9.67. The van der Waals surface area contributed by atoms with E-state index < -0.39 is 0 Å². The Morgan fingerprint density at radius 2 is 0.898 bits per heavy atom. The molecule has 0 saturated heterocycles. The fourth-order valence-electron chi connectivity index (χ4n) is 7.40. The van der Waals surface area contributed by atoms with E-state index >= 15 is 0 Å². The first kappa shape index (κ1) is 27.5. The van der Waals surface area contributed by atoms with Crippen LogP contribution in [0.5, 0.6) is 0 Å². The predicted molar refractivity (Wildman–Crippen MR) is 204 cm³/mol. The Morgan fingerprint density at radius 1 is 0.367 bits per heavy atom. The van der Waals surface area contributed by atoms with Crippen molar-refractivity contribution in [2.75, 3.05) is 0 Å². The van der Waals surface area contributed by atoms with Gasteiger partial charge in [0.1, 0.15) is 11.2 Å². The average Bonchev–Trinajstić information content (AvgIpc) is 3.59. The fourth-order valence-corrected chi connectivity index (χ4v) is 7.40. The van der Waals surface area contributed by atoms with Crippen molar-refractivity contribution in [3.8, 4) is 45.0 Å². The maximum absolute atomic E-state index is 6.82. The van der Waals surface area contributed by atoms with E-state index in [2.05, 4.69) is 158 Å². The number of hydrogen-bond acceptors (Lipinski definition) is 3. The molecule has 0 amide bonds. The van der Waals surface area contributed by atoms with Gasteiger partial charge in [-0.2, -0.15) is 0 Å². The molecule has 10 aromatic rings. The first-order chi connectivity index (χ1) is 24.3. The zero-order chi connectivity index (χ0) is 32.3. The zero-order valence-corrected chi connectivity index (χ0v) is 26.5. The normalized spacial score (nSPS) is 11.7. The van der Waals surface area contributed by atoms with Gasteiger partial charge in [-0.05, 0) is 62.1 Å². The standard InChI is InChI=1S/C46H28N2O/c1-3-14-30(15-4-1)40-28-41(31-16-5-2-6-17-31)48-46(47-40)38-25-24-37(35-21-11-12-22-36(35)38)39-27-32-18-8-10-20-34(32)44-43-33-19-9-7-13-29(33)23-26-42(43)49-45(39)44/h1-28H. The van der Waals surface area contributed by atoms with Gasteiger partial charge in [0, 0.05) is 33.0 Å². The van der Waals surface area contributed by atoms with E-state index in [-0.39, 0.29) is 0 Å². The van der Waals surface area contributed by atoms with Gasteiger partial charge in [-0.25, -0.2) is 9.97 Å². The van der Waals surface area contributed by atoms with E-state index in [1.54, 1.807) is 0 Å². The number of furan rings is 1. The lowest BCUT2D eigenvalue weighted by atomic mass is 9.91. The van der Waals surface area contributed by atoms with Crippen LogP contribution in [0.15, 0.2) is 174 Å². The Hall–Kier alpha value is -6.58. The van der Waals surface area contributed by atoms with Gasteiger partial charge >= 0.3 is 0 Å². The van der Waals surface area contributed by atoms with Crippen molar-refractivity contribution in [2.45, 2.75) is 0 Å². The molecule has 2 heterocycles. The number of aromatic nitrogens is 2. The molecule has 49 heavy (non-hydrogen) atoms. The molecule has 0 unspecified atom stereocenters. The van der Waals surface area contributed by atoms with E-state index in [4.69, 9.17) is 14.4 Å². The van der Waals surface area contributed by atoms with Crippen molar-refractivity contribution in [3.05, 3.63) is 170 Å². The van der Waals surface area contributed by atoms with Crippen LogP contribution in [-0.4, -0.2) is 9.97 Å². The monoisotopic (exact) mass is 624 g/mol. The van der Waals surface area contributed by atoms with Crippen molar-refractivity contribution in [1.82, 2.24) is 9.97 Å². The number of benzene rings is 8. The molecule has 0 fully saturated rings. The lowest BCUT2D eigenvalue weighted by molar-refractivity contribution is 0.670. The molecule has 228 valence electrons. The summed E-state index contributed by atoms with van der Waals surface area (Å²) >= 11 is 0. The molecular formula is C46H28N2O. The van der Waals surface area contributed by atoms with Gasteiger partial charge < -0.3 is 4.42 Å². The molecule has 0 radical (unpaired) electrons. The third-order valence-electron chi connectivity index (χ3n) is 9.67. The van der Waals surface area contributed by atoms with Gasteiger partial charge in [-0.3, -0.25) is 0 Å². The molecule has 2 aromatic heterocycles. The molecule has 0 spiro atoms. The van der Waals surface area contributed by atoms with Crippen LogP contribution in [0.4, 0.5) is 0 Å². The van der Waals surface area contributed by atoms with Crippen LogP contribution < -0.4 is 0 Å². The van der Waals surface area contributed by atoms with Crippen LogP contribution in [0.2, 0.25) is 0 Å². The van der Waals surface area contributed by atoms with Crippen molar-refractivity contribution in [3.63, 3.8) is 0 Å². The lowest BCUT2D eigenvalue weighted by Gasteiger charge is -2.14. The van der Waals surface area contributed by atoms with Gasteiger partial charge in [0.25, 0.3) is 0 Å². The molecular weight excluding hydrogens is 597 g/mol. The molecule has 0 aliphatic rings.